The molecule has 0 radical (unpaired) electrons. The van der Waals surface area contributed by atoms with Crippen LogP contribution in [0.15, 0.2) is 18.2 Å². The number of piperidine rings is 1. The van der Waals surface area contributed by atoms with Gasteiger partial charge in [0.15, 0.2) is 11.5 Å². The van der Waals surface area contributed by atoms with Crippen LogP contribution in [0.4, 0.5) is 0 Å². The van der Waals surface area contributed by atoms with Crippen molar-refractivity contribution in [2.45, 2.75) is 57.8 Å². The molecule has 1 atom stereocenters. The summed E-state index contributed by atoms with van der Waals surface area (Å²) in [6.45, 7) is 11.3. The standard InChI is InChI=1S/C23H39N3O3/c1-18(2)25-10-7-20(8-11-25)26-13-12-24(17-21(26)9-14-27)16-19-5-6-22(28-3)23(15-19)29-4/h5-6,15,18,20-21,27H,7-14,16-17H2,1-4H3. The van der Waals surface area contributed by atoms with Crippen LogP contribution in [0, 0.1) is 0 Å². The number of ether oxygens (including phenoxy) is 2. The Hall–Kier alpha value is -1.34. The minimum atomic E-state index is 0.260. The zero-order valence-corrected chi connectivity index (χ0v) is 18.6. The lowest BCUT2D eigenvalue weighted by Crippen LogP contribution is -2.58. The molecule has 29 heavy (non-hydrogen) atoms. The number of likely N-dealkylation sites (tertiary alicyclic amines) is 1. The Labute approximate surface area is 176 Å². The number of aliphatic hydroxyl groups excluding tert-OH is 1. The third-order valence-corrected chi connectivity index (χ3v) is 6.63. The molecule has 0 saturated carbocycles. The summed E-state index contributed by atoms with van der Waals surface area (Å²) in [6.07, 6.45) is 3.35. The first-order valence-electron chi connectivity index (χ1n) is 11.1. The van der Waals surface area contributed by atoms with E-state index in [0.29, 0.717) is 18.1 Å². The minimum absolute atomic E-state index is 0.260. The van der Waals surface area contributed by atoms with Crippen LogP contribution < -0.4 is 9.47 Å². The summed E-state index contributed by atoms with van der Waals surface area (Å²) in [4.78, 5) is 7.80. The van der Waals surface area contributed by atoms with Gasteiger partial charge >= 0.3 is 0 Å². The molecule has 0 bridgehead atoms. The van der Waals surface area contributed by atoms with Crippen molar-refractivity contribution in [1.82, 2.24) is 14.7 Å². The maximum atomic E-state index is 9.67. The number of hydrogen-bond donors (Lipinski definition) is 1. The molecule has 0 aromatic heterocycles. The van der Waals surface area contributed by atoms with E-state index in [0.717, 1.165) is 44.1 Å². The largest absolute Gasteiger partial charge is 0.493 e. The van der Waals surface area contributed by atoms with Crippen LogP contribution in [0.5, 0.6) is 11.5 Å². The zero-order chi connectivity index (χ0) is 20.8. The summed E-state index contributed by atoms with van der Waals surface area (Å²) >= 11 is 0. The molecule has 0 amide bonds. The van der Waals surface area contributed by atoms with E-state index < -0.39 is 0 Å². The highest BCUT2D eigenvalue weighted by molar-refractivity contribution is 5.42. The highest BCUT2D eigenvalue weighted by Crippen LogP contribution is 2.29. The lowest BCUT2D eigenvalue weighted by atomic mass is 9.97. The van der Waals surface area contributed by atoms with Crippen molar-refractivity contribution in [3.63, 3.8) is 0 Å². The van der Waals surface area contributed by atoms with Crippen molar-refractivity contribution in [3.8, 4) is 11.5 Å². The average molecular weight is 406 g/mol. The topological polar surface area (TPSA) is 48.4 Å². The van der Waals surface area contributed by atoms with E-state index in [-0.39, 0.29) is 6.61 Å². The Bertz CT molecular complexity index is 632. The van der Waals surface area contributed by atoms with Crippen LogP contribution in [0.1, 0.15) is 38.7 Å². The zero-order valence-electron chi connectivity index (χ0n) is 18.6. The fourth-order valence-corrected chi connectivity index (χ4v) is 4.94. The van der Waals surface area contributed by atoms with Gasteiger partial charge in [0, 0.05) is 50.9 Å². The van der Waals surface area contributed by atoms with E-state index in [4.69, 9.17) is 9.47 Å². The smallest absolute Gasteiger partial charge is 0.161 e. The van der Waals surface area contributed by atoms with Gasteiger partial charge in [-0.2, -0.15) is 0 Å². The number of benzene rings is 1. The van der Waals surface area contributed by atoms with Crippen LogP contribution in [-0.2, 0) is 6.54 Å². The van der Waals surface area contributed by atoms with Gasteiger partial charge in [-0.05, 0) is 63.9 Å². The van der Waals surface area contributed by atoms with Gasteiger partial charge in [-0.1, -0.05) is 6.07 Å². The molecule has 164 valence electrons. The van der Waals surface area contributed by atoms with Crippen molar-refractivity contribution >= 4 is 0 Å². The first-order chi connectivity index (χ1) is 14.0. The second-order valence-corrected chi connectivity index (χ2v) is 8.69. The van der Waals surface area contributed by atoms with Gasteiger partial charge in [-0.25, -0.2) is 0 Å². The van der Waals surface area contributed by atoms with Crippen LogP contribution in [0.3, 0.4) is 0 Å². The van der Waals surface area contributed by atoms with E-state index in [9.17, 15) is 5.11 Å². The fourth-order valence-electron chi connectivity index (χ4n) is 4.94. The second-order valence-electron chi connectivity index (χ2n) is 8.69. The predicted octanol–water partition coefficient (Wildman–Crippen LogP) is 2.45. The molecule has 6 heteroatoms. The van der Waals surface area contributed by atoms with Crippen LogP contribution in [-0.4, -0.2) is 91.5 Å². The van der Waals surface area contributed by atoms with Gasteiger partial charge in [0.05, 0.1) is 14.2 Å². The highest BCUT2D eigenvalue weighted by atomic mass is 16.5. The first-order valence-corrected chi connectivity index (χ1v) is 11.1. The van der Waals surface area contributed by atoms with Crippen LogP contribution in [0.25, 0.3) is 0 Å². The monoisotopic (exact) mass is 405 g/mol. The minimum Gasteiger partial charge on any atom is -0.493 e. The van der Waals surface area contributed by atoms with Gasteiger partial charge in [-0.15, -0.1) is 0 Å². The summed E-state index contributed by atoms with van der Waals surface area (Å²) in [5.74, 6) is 1.56. The number of methoxy groups -OCH3 is 2. The molecule has 1 N–H and O–H groups in total. The third kappa shape index (κ3) is 5.63. The van der Waals surface area contributed by atoms with Crippen molar-refractivity contribution in [3.05, 3.63) is 23.8 Å². The Kier molecular flexibility index (Phi) is 8.18. The Morgan fingerprint density at radius 2 is 1.76 bits per heavy atom. The molecule has 0 spiro atoms. The average Bonchev–Trinajstić information content (AvgIpc) is 2.74. The quantitative estimate of drug-likeness (QED) is 0.717. The number of rotatable bonds is 8. The molecule has 2 heterocycles. The van der Waals surface area contributed by atoms with Gasteiger partial charge in [0.2, 0.25) is 0 Å². The molecule has 2 aliphatic rings. The highest BCUT2D eigenvalue weighted by Gasteiger charge is 2.33. The maximum Gasteiger partial charge on any atom is 0.161 e. The molecule has 3 rings (SSSR count). The fraction of sp³-hybridized carbons (Fsp3) is 0.739. The Morgan fingerprint density at radius 3 is 2.38 bits per heavy atom. The van der Waals surface area contributed by atoms with E-state index in [1.54, 1.807) is 14.2 Å². The van der Waals surface area contributed by atoms with Crippen LogP contribution in [0.2, 0.25) is 0 Å². The molecular weight excluding hydrogens is 366 g/mol. The SMILES string of the molecule is COc1ccc(CN2CCN(C3CCN(C(C)C)CC3)C(CCO)C2)cc1OC. The lowest BCUT2D eigenvalue weighted by Gasteiger charge is -2.48. The number of aliphatic hydroxyl groups is 1. The Morgan fingerprint density at radius 1 is 1.03 bits per heavy atom. The molecule has 0 aliphatic carbocycles. The maximum absolute atomic E-state index is 9.67. The summed E-state index contributed by atoms with van der Waals surface area (Å²) in [5, 5.41) is 9.67. The number of hydrogen-bond acceptors (Lipinski definition) is 6. The van der Waals surface area contributed by atoms with E-state index >= 15 is 0 Å². The van der Waals surface area contributed by atoms with Gasteiger partial charge in [0.25, 0.3) is 0 Å². The number of piperazine rings is 1. The lowest BCUT2D eigenvalue weighted by molar-refractivity contribution is -0.0000438. The van der Waals surface area contributed by atoms with Crippen molar-refractivity contribution < 1.29 is 14.6 Å². The molecule has 2 fully saturated rings. The van der Waals surface area contributed by atoms with Crippen molar-refractivity contribution in [2.75, 3.05) is 53.6 Å². The molecule has 2 aliphatic heterocycles. The third-order valence-electron chi connectivity index (χ3n) is 6.63. The van der Waals surface area contributed by atoms with Gasteiger partial charge in [0.1, 0.15) is 0 Å². The van der Waals surface area contributed by atoms with Crippen LogP contribution >= 0.6 is 0 Å². The molecule has 1 aromatic rings. The molecule has 6 nitrogen and oxygen atoms in total. The predicted molar refractivity (Wildman–Crippen MR) is 117 cm³/mol. The Balaban J connectivity index is 1.60. The molecule has 1 unspecified atom stereocenters. The summed E-state index contributed by atoms with van der Waals surface area (Å²) < 4.78 is 10.8. The van der Waals surface area contributed by atoms with E-state index in [2.05, 4.69) is 40.7 Å². The summed E-state index contributed by atoms with van der Waals surface area (Å²) in [5.41, 5.74) is 1.24. The van der Waals surface area contributed by atoms with Gasteiger partial charge < -0.3 is 19.5 Å². The number of nitrogens with zero attached hydrogens (tertiary/aromatic N) is 3. The first kappa shape index (κ1) is 22.3. The van der Waals surface area contributed by atoms with Crippen molar-refractivity contribution in [2.24, 2.45) is 0 Å². The molecular formula is C23H39N3O3. The second kappa shape index (κ2) is 10.6. The summed E-state index contributed by atoms with van der Waals surface area (Å²) in [7, 11) is 3.35. The van der Waals surface area contributed by atoms with E-state index in [1.807, 2.05) is 6.07 Å². The molecule has 2 saturated heterocycles. The normalized spacial score (nSPS) is 22.9. The van der Waals surface area contributed by atoms with E-state index in [1.165, 1.54) is 31.5 Å². The molecule has 1 aromatic carbocycles. The summed E-state index contributed by atoms with van der Waals surface area (Å²) in [6, 6.07) is 7.92. The van der Waals surface area contributed by atoms with Crippen molar-refractivity contribution in [1.29, 1.82) is 0 Å². The van der Waals surface area contributed by atoms with Gasteiger partial charge in [-0.3, -0.25) is 9.80 Å².